The normalized spacial score (nSPS) is 19.8. The highest BCUT2D eigenvalue weighted by Gasteiger charge is 2.57. The summed E-state index contributed by atoms with van der Waals surface area (Å²) in [5.41, 5.74) is 1.80. The van der Waals surface area contributed by atoms with Crippen LogP contribution in [-0.4, -0.2) is 28.5 Å². The first-order chi connectivity index (χ1) is 15.5. The molecule has 0 unspecified atom stereocenters. The Kier molecular flexibility index (Phi) is 4.71. The molecular weight excluding hydrogens is 432 g/mol. The Hall–Kier alpha value is -4.04. The lowest BCUT2D eigenvalue weighted by atomic mass is 9.92. The van der Waals surface area contributed by atoms with Crippen molar-refractivity contribution in [3.8, 4) is 0 Å². The number of anilines is 2. The van der Waals surface area contributed by atoms with E-state index in [0.717, 1.165) is 4.90 Å². The van der Waals surface area contributed by atoms with Crippen LogP contribution in [0, 0.1) is 16.0 Å². The van der Waals surface area contributed by atoms with E-state index in [2.05, 4.69) is 5.10 Å². The second-order valence-electron chi connectivity index (χ2n) is 7.36. The molecule has 3 aromatic carbocycles. The van der Waals surface area contributed by atoms with E-state index in [-0.39, 0.29) is 10.7 Å². The molecule has 0 bridgehead atoms. The van der Waals surface area contributed by atoms with E-state index in [0.29, 0.717) is 22.6 Å². The molecule has 32 heavy (non-hydrogen) atoms. The number of carbonyl (C=O) groups excluding carboxylic acids is 2. The number of hydrogen-bond acceptors (Lipinski definition) is 6. The van der Waals surface area contributed by atoms with Gasteiger partial charge in [0.05, 0.1) is 27.0 Å². The lowest BCUT2D eigenvalue weighted by molar-refractivity contribution is -0.384. The standard InChI is InChI=1S/C23H15ClN4O4/c24-17-8-4-5-9-18(17)26-22(29)19-20(14-10-12-16(13-11-14)28(31)32)25-27(21(19)23(26)30)15-6-2-1-3-7-15/h1-13,19,21H/t19-,21-/m0/s1. The van der Waals surface area contributed by atoms with Gasteiger partial charge in [0, 0.05) is 12.1 Å². The van der Waals surface area contributed by atoms with Crippen LogP contribution in [0.2, 0.25) is 5.02 Å². The molecule has 5 rings (SSSR count). The van der Waals surface area contributed by atoms with Crippen molar-refractivity contribution >= 4 is 46.2 Å². The molecule has 2 atom stereocenters. The number of imide groups is 1. The first-order valence-corrected chi connectivity index (χ1v) is 10.1. The highest BCUT2D eigenvalue weighted by molar-refractivity contribution is 6.39. The Morgan fingerprint density at radius 2 is 1.53 bits per heavy atom. The molecule has 1 saturated heterocycles. The number of rotatable bonds is 4. The third-order valence-corrected chi connectivity index (χ3v) is 5.86. The van der Waals surface area contributed by atoms with Crippen LogP contribution < -0.4 is 9.91 Å². The van der Waals surface area contributed by atoms with Crippen molar-refractivity contribution < 1.29 is 14.5 Å². The fraction of sp³-hybridized carbons (Fsp3) is 0.0870. The minimum atomic E-state index is -0.883. The number of nitro benzene ring substituents is 1. The third-order valence-electron chi connectivity index (χ3n) is 5.54. The Balaban J connectivity index is 1.63. The largest absolute Gasteiger partial charge is 0.273 e. The molecule has 0 N–H and O–H groups in total. The topological polar surface area (TPSA) is 96.1 Å². The summed E-state index contributed by atoms with van der Waals surface area (Å²) in [5, 5.41) is 17.5. The van der Waals surface area contributed by atoms with E-state index in [1.807, 2.05) is 18.2 Å². The van der Waals surface area contributed by atoms with Crippen LogP contribution in [0.1, 0.15) is 5.56 Å². The average molecular weight is 447 g/mol. The zero-order valence-electron chi connectivity index (χ0n) is 16.5. The predicted molar refractivity (Wildman–Crippen MR) is 120 cm³/mol. The van der Waals surface area contributed by atoms with Crippen molar-refractivity contribution in [1.82, 2.24) is 0 Å². The summed E-state index contributed by atoms with van der Waals surface area (Å²) < 4.78 is 0. The van der Waals surface area contributed by atoms with Gasteiger partial charge in [-0.2, -0.15) is 5.10 Å². The van der Waals surface area contributed by atoms with Crippen LogP contribution in [0.25, 0.3) is 0 Å². The van der Waals surface area contributed by atoms with Gasteiger partial charge in [-0.3, -0.25) is 24.7 Å². The summed E-state index contributed by atoms with van der Waals surface area (Å²) in [6, 6.07) is 20.6. The summed E-state index contributed by atoms with van der Waals surface area (Å²) in [5.74, 6) is -1.75. The SMILES string of the molecule is O=C1[C@H]2C(c3ccc([N+](=O)[O-])cc3)=NN(c3ccccc3)[C@@H]2C(=O)N1c1ccccc1Cl. The molecule has 0 aromatic heterocycles. The zero-order chi connectivity index (χ0) is 22.4. The number of amides is 2. The number of hydrogen-bond donors (Lipinski definition) is 0. The number of carbonyl (C=O) groups is 2. The molecule has 0 spiro atoms. The molecule has 0 aliphatic carbocycles. The third kappa shape index (κ3) is 3.04. The Bertz CT molecular complexity index is 1280. The number of nitro groups is 1. The average Bonchev–Trinajstić information content (AvgIpc) is 3.32. The number of para-hydroxylation sites is 2. The van der Waals surface area contributed by atoms with Crippen molar-refractivity contribution in [2.75, 3.05) is 9.91 Å². The van der Waals surface area contributed by atoms with Gasteiger partial charge >= 0.3 is 0 Å². The Labute approximate surface area is 187 Å². The lowest BCUT2D eigenvalue weighted by Gasteiger charge is -2.22. The van der Waals surface area contributed by atoms with Crippen molar-refractivity contribution in [2.24, 2.45) is 11.0 Å². The molecule has 9 heteroatoms. The maximum Gasteiger partial charge on any atom is 0.269 e. The molecule has 1 fully saturated rings. The van der Waals surface area contributed by atoms with Gasteiger partial charge in [0.15, 0.2) is 0 Å². The number of fused-ring (bicyclic) bond motifs is 1. The highest BCUT2D eigenvalue weighted by Crippen LogP contribution is 2.40. The Morgan fingerprint density at radius 1 is 0.875 bits per heavy atom. The van der Waals surface area contributed by atoms with Gasteiger partial charge < -0.3 is 0 Å². The van der Waals surface area contributed by atoms with E-state index in [4.69, 9.17) is 11.6 Å². The van der Waals surface area contributed by atoms with Gasteiger partial charge in [-0.1, -0.05) is 41.9 Å². The summed E-state index contributed by atoms with van der Waals surface area (Å²) >= 11 is 6.29. The van der Waals surface area contributed by atoms with Gasteiger partial charge in [-0.25, -0.2) is 4.90 Å². The van der Waals surface area contributed by atoms with Gasteiger partial charge in [-0.15, -0.1) is 0 Å². The van der Waals surface area contributed by atoms with Gasteiger partial charge in [0.25, 0.3) is 11.6 Å². The number of non-ortho nitro benzene ring substituents is 1. The fourth-order valence-electron chi connectivity index (χ4n) is 4.07. The number of nitrogens with zero attached hydrogens (tertiary/aromatic N) is 4. The van der Waals surface area contributed by atoms with Gasteiger partial charge in [0.1, 0.15) is 12.0 Å². The first kappa shape index (κ1) is 19.9. The molecule has 2 aliphatic heterocycles. The summed E-state index contributed by atoms with van der Waals surface area (Å²) in [7, 11) is 0. The molecule has 0 radical (unpaired) electrons. The predicted octanol–water partition coefficient (Wildman–Crippen LogP) is 4.03. The molecule has 158 valence electrons. The summed E-state index contributed by atoms with van der Waals surface area (Å²) in [6.45, 7) is 0. The first-order valence-electron chi connectivity index (χ1n) is 9.77. The lowest BCUT2D eigenvalue weighted by Crippen LogP contribution is -2.39. The minimum Gasteiger partial charge on any atom is -0.273 e. The van der Waals surface area contributed by atoms with E-state index in [9.17, 15) is 19.7 Å². The smallest absolute Gasteiger partial charge is 0.269 e. The molecule has 2 amide bonds. The van der Waals surface area contributed by atoms with Crippen LogP contribution in [0.15, 0.2) is 84.0 Å². The maximum absolute atomic E-state index is 13.5. The Morgan fingerprint density at radius 3 is 2.19 bits per heavy atom. The number of benzene rings is 3. The van der Waals surface area contributed by atoms with Crippen molar-refractivity contribution in [2.45, 2.75) is 6.04 Å². The summed E-state index contributed by atoms with van der Waals surface area (Å²) in [6.07, 6.45) is 0. The second-order valence-corrected chi connectivity index (χ2v) is 7.76. The minimum absolute atomic E-state index is 0.0738. The van der Waals surface area contributed by atoms with Crippen LogP contribution >= 0.6 is 11.6 Å². The van der Waals surface area contributed by atoms with Crippen molar-refractivity contribution in [1.29, 1.82) is 0 Å². The second kappa shape index (κ2) is 7.58. The van der Waals surface area contributed by atoms with E-state index >= 15 is 0 Å². The highest BCUT2D eigenvalue weighted by atomic mass is 35.5. The van der Waals surface area contributed by atoms with Gasteiger partial charge in [0.2, 0.25) is 5.91 Å². The molecule has 2 heterocycles. The molecule has 3 aromatic rings. The number of hydrazone groups is 1. The molecule has 0 saturated carbocycles. The van der Waals surface area contributed by atoms with Crippen LogP contribution in [0.5, 0.6) is 0 Å². The van der Waals surface area contributed by atoms with Gasteiger partial charge in [-0.05, 0) is 42.0 Å². The van der Waals surface area contributed by atoms with Crippen molar-refractivity contribution in [3.63, 3.8) is 0 Å². The van der Waals surface area contributed by atoms with E-state index < -0.39 is 28.7 Å². The van der Waals surface area contributed by atoms with Crippen molar-refractivity contribution in [3.05, 3.63) is 99.6 Å². The van der Waals surface area contributed by atoms with Crippen LogP contribution in [0.3, 0.4) is 0 Å². The molecular formula is C23H15ClN4O4. The summed E-state index contributed by atoms with van der Waals surface area (Å²) in [4.78, 5) is 38.6. The van der Waals surface area contributed by atoms with Crippen LogP contribution in [-0.2, 0) is 9.59 Å². The van der Waals surface area contributed by atoms with E-state index in [1.54, 1.807) is 53.5 Å². The molecule has 2 aliphatic rings. The fourth-order valence-corrected chi connectivity index (χ4v) is 4.29. The van der Waals surface area contributed by atoms with Crippen LogP contribution in [0.4, 0.5) is 17.1 Å². The van der Waals surface area contributed by atoms with E-state index in [1.165, 1.54) is 12.1 Å². The maximum atomic E-state index is 13.5. The molecule has 8 nitrogen and oxygen atoms in total. The quantitative estimate of drug-likeness (QED) is 0.342. The zero-order valence-corrected chi connectivity index (χ0v) is 17.2. The monoisotopic (exact) mass is 446 g/mol. The number of halogens is 1.